The molecule has 13 heavy (non-hydrogen) atoms. The molecule has 1 heterocycles. The van der Waals surface area contributed by atoms with Crippen LogP contribution in [0.5, 0.6) is 0 Å². The zero-order chi connectivity index (χ0) is 9.00. The summed E-state index contributed by atoms with van der Waals surface area (Å²) in [4.78, 5) is 11.2. The summed E-state index contributed by atoms with van der Waals surface area (Å²) in [5.74, 6) is 1.76. The molecule has 0 aromatic carbocycles. The Balaban J connectivity index is 1.89. The van der Waals surface area contributed by atoms with Crippen molar-refractivity contribution in [2.24, 2.45) is 17.8 Å². The van der Waals surface area contributed by atoms with Gasteiger partial charge in [0.2, 0.25) is 5.91 Å². The molecule has 3 nitrogen and oxygen atoms in total. The highest BCUT2D eigenvalue weighted by Crippen LogP contribution is 2.51. The van der Waals surface area contributed by atoms with Gasteiger partial charge in [-0.15, -0.1) is 0 Å². The molecule has 3 aliphatic rings. The van der Waals surface area contributed by atoms with Crippen molar-refractivity contribution < 1.29 is 9.90 Å². The zero-order valence-electron chi connectivity index (χ0n) is 7.57. The summed E-state index contributed by atoms with van der Waals surface area (Å²) in [6.07, 6.45) is 3.70. The summed E-state index contributed by atoms with van der Waals surface area (Å²) >= 11 is 0. The van der Waals surface area contributed by atoms with Gasteiger partial charge >= 0.3 is 0 Å². The highest BCUT2D eigenvalue weighted by Gasteiger charge is 2.53. The molecule has 0 aromatic heterocycles. The van der Waals surface area contributed by atoms with E-state index in [0.717, 1.165) is 0 Å². The van der Waals surface area contributed by atoms with Crippen LogP contribution < -0.4 is 5.32 Å². The molecule has 1 saturated heterocycles. The van der Waals surface area contributed by atoms with Crippen molar-refractivity contribution in [2.45, 2.75) is 37.8 Å². The van der Waals surface area contributed by atoms with Gasteiger partial charge < -0.3 is 10.4 Å². The van der Waals surface area contributed by atoms with Crippen LogP contribution in [0.15, 0.2) is 0 Å². The Bertz CT molecular complexity index is 253. The molecule has 3 rings (SSSR count). The fourth-order valence-electron chi connectivity index (χ4n) is 3.67. The topological polar surface area (TPSA) is 49.3 Å². The molecule has 2 N–H and O–H groups in total. The summed E-state index contributed by atoms with van der Waals surface area (Å²) < 4.78 is 0. The average molecular weight is 181 g/mol. The minimum atomic E-state index is -0.367. The predicted octanol–water partition coefficient (Wildman–Crippen LogP) is 0.282. The van der Waals surface area contributed by atoms with Gasteiger partial charge in [-0.25, -0.2) is 0 Å². The molecule has 1 amide bonds. The summed E-state index contributed by atoms with van der Waals surface area (Å²) in [5, 5.41) is 12.9. The fourth-order valence-corrected chi connectivity index (χ4v) is 3.67. The lowest BCUT2D eigenvalue weighted by molar-refractivity contribution is -0.130. The first-order valence-electron chi connectivity index (χ1n) is 5.23. The average Bonchev–Trinajstić information content (AvgIpc) is 2.62. The third kappa shape index (κ3) is 0.966. The predicted molar refractivity (Wildman–Crippen MR) is 46.9 cm³/mol. The van der Waals surface area contributed by atoms with Crippen LogP contribution in [0, 0.1) is 17.8 Å². The largest absolute Gasteiger partial charge is 0.392 e. The van der Waals surface area contributed by atoms with Crippen LogP contribution in [0.25, 0.3) is 0 Å². The molecule has 0 radical (unpaired) electrons. The molecule has 2 bridgehead atoms. The van der Waals surface area contributed by atoms with Gasteiger partial charge in [0.25, 0.3) is 0 Å². The van der Waals surface area contributed by atoms with Crippen molar-refractivity contribution in [3.63, 3.8) is 0 Å². The maximum atomic E-state index is 11.2. The quantitative estimate of drug-likeness (QED) is 0.564. The molecule has 5 unspecified atom stereocenters. The first kappa shape index (κ1) is 7.80. The van der Waals surface area contributed by atoms with Crippen LogP contribution in [0.3, 0.4) is 0 Å². The number of carbonyl (C=O) groups is 1. The minimum absolute atomic E-state index is 0.0429. The Labute approximate surface area is 77.5 Å². The van der Waals surface area contributed by atoms with Crippen LogP contribution in [0.4, 0.5) is 0 Å². The van der Waals surface area contributed by atoms with Gasteiger partial charge in [0, 0.05) is 12.0 Å². The molecule has 1 aliphatic heterocycles. The lowest BCUT2D eigenvalue weighted by Crippen LogP contribution is -2.54. The van der Waals surface area contributed by atoms with Gasteiger partial charge in [0.05, 0.1) is 12.5 Å². The van der Waals surface area contributed by atoms with Gasteiger partial charge in [0.15, 0.2) is 0 Å². The van der Waals surface area contributed by atoms with E-state index in [1.165, 1.54) is 19.3 Å². The maximum absolute atomic E-state index is 11.2. The smallest absolute Gasteiger partial charge is 0.222 e. The highest BCUT2D eigenvalue weighted by atomic mass is 16.3. The van der Waals surface area contributed by atoms with E-state index >= 15 is 0 Å². The van der Waals surface area contributed by atoms with Crippen molar-refractivity contribution in [3.05, 3.63) is 0 Å². The number of amides is 1. The fraction of sp³-hybridized carbons (Fsp3) is 0.900. The number of nitrogens with one attached hydrogen (secondary N) is 1. The first-order chi connectivity index (χ1) is 6.25. The van der Waals surface area contributed by atoms with E-state index in [1.54, 1.807) is 0 Å². The van der Waals surface area contributed by atoms with E-state index in [1.807, 2.05) is 0 Å². The van der Waals surface area contributed by atoms with Crippen molar-refractivity contribution >= 4 is 5.91 Å². The molecular weight excluding hydrogens is 166 g/mol. The molecule has 5 atom stereocenters. The molecule has 3 fully saturated rings. The first-order valence-corrected chi connectivity index (χ1v) is 5.23. The molecule has 2 saturated carbocycles. The van der Waals surface area contributed by atoms with Crippen molar-refractivity contribution in [1.82, 2.24) is 5.32 Å². The van der Waals surface area contributed by atoms with Gasteiger partial charge in [-0.05, 0) is 31.1 Å². The number of aliphatic hydroxyl groups excluding tert-OH is 1. The van der Waals surface area contributed by atoms with Gasteiger partial charge in [-0.1, -0.05) is 0 Å². The summed E-state index contributed by atoms with van der Waals surface area (Å²) in [6.45, 7) is 0. The summed E-state index contributed by atoms with van der Waals surface area (Å²) in [6, 6.07) is 0.301. The van der Waals surface area contributed by atoms with Crippen molar-refractivity contribution in [3.8, 4) is 0 Å². The van der Waals surface area contributed by atoms with E-state index in [0.29, 0.717) is 30.2 Å². The number of rotatable bonds is 0. The Hall–Kier alpha value is -0.570. The monoisotopic (exact) mass is 181 g/mol. The third-order valence-corrected chi connectivity index (χ3v) is 4.15. The van der Waals surface area contributed by atoms with Gasteiger partial charge in [0.1, 0.15) is 0 Å². The van der Waals surface area contributed by atoms with Crippen LogP contribution in [-0.4, -0.2) is 23.2 Å². The molecule has 72 valence electrons. The highest BCUT2D eigenvalue weighted by molar-refractivity contribution is 5.78. The summed E-state index contributed by atoms with van der Waals surface area (Å²) in [7, 11) is 0. The third-order valence-electron chi connectivity index (χ3n) is 4.15. The second-order valence-electron chi connectivity index (χ2n) is 4.78. The Morgan fingerprint density at radius 2 is 2.08 bits per heavy atom. The molecule has 2 aliphatic carbocycles. The van der Waals surface area contributed by atoms with E-state index in [-0.39, 0.29) is 12.0 Å². The van der Waals surface area contributed by atoms with Gasteiger partial charge in [-0.2, -0.15) is 0 Å². The van der Waals surface area contributed by atoms with Crippen molar-refractivity contribution in [2.75, 3.05) is 0 Å². The Morgan fingerprint density at radius 3 is 2.92 bits per heavy atom. The molecular formula is C10H15NO2. The normalized spacial score (nSPS) is 53.3. The Kier molecular flexibility index (Phi) is 1.48. The molecule has 0 spiro atoms. The number of carbonyl (C=O) groups excluding carboxylic acids is 1. The number of fused-ring (bicyclic) bond motifs is 5. The van der Waals surface area contributed by atoms with Crippen LogP contribution in [0.2, 0.25) is 0 Å². The second kappa shape index (κ2) is 2.47. The van der Waals surface area contributed by atoms with Crippen LogP contribution in [0.1, 0.15) is 25.7 Å². The molecule has 3 heteroatoms. The van der Waals surface area contributed by atoms with E-state index < -0.39 is 0 Å². The maximum Gasteiger partial charge on any atom is 0.222 e. The molecule has 0 aromatic rings. The minimum Gasteiger partial charge on any atom is -0.392 e. The van der Waals surface area contributed by atoms with E-state index in [2.05, 4.69) is 5.32 Å². The van der Waals surface area contributed by atoms with E-state index in [4.69, 9.17) is 0 Å². The zero-order valence-corrected chi connectivity index (χ0v) is 7.57. The number of hydrogen-bond donors (Lipinski definition) is 2. The lowest BCUT2D eigenvalue weighted by Gasteiger charge is -2.38. The second-order valence-corrected chi connectivity index (χ2v) is 4.78. The van der Waals surface area contributed by atoms with Gasteiger partial charge in [-0.3, -0.25) is 4.79 Å². The van der Waals surface area contributed by atoms with E-state index in [9.17, 15) is 9.90 Å². The summed E-state index contributed by atoms with van der Waals surface area (Å²) in [5.41, 5.74) is 0. The number of hydrogen-bond acceptors (Lipinski definition) is 2. The number of piperidine rings is 1. The SMILES string of the molecule is O=C1CC(O)C2C3CCC(C3)C2N1. The lowest BCUT2D eigenvalue weighted by atomic mass is 9.77. The Morgan fingerprint density at radius 1 is 1.31 bits per heavy atom. The van der Waals surface area contributed by atoms with Crippen LogP contribution >= 0.6 is 0 Å². The van der Waals surface area contributed by atoms with Crippen LogP contribution in [-0.2, 0) is 4.79 Å². The number of aliphatic hydroxyl groups is 1. The van der Waals surface area contributed by atoms with Crippen molar-refractivity contribution in [1.29, 1.82) is 0 Å². The standard InChI is InChI=1S/C10H15NO2/c12-7-4-8(13)11-10-6-2-1-5(3-6)9(7)10/h5-7,9-10,12H,1-4H2,(H,11,13).